The van der Waals surface area contributed by atoms with Crippen LogP contribution in [-0.2, 0) is 77.5 Å². The number of hydrogen-bond donors (Lipinski definition) is 0. The number of halogens is 5. The van der Waals surface area contributed by atoms with Crippen molar-refractivity contribution in [3.05, 3.63) is 352 Å². The average molecular weight is 2030 g/mol. The van der Waals surface area contributed by atoms with Crippen molar-refractivity contribution < 1.29 is 45.8 Å². The Morgan fingerprint density at radius 3 is 0.980 bits per heavy atom. The summed E-state index contributed by atoms with van der Waals surface area (Å²) in [6.07, 6.45) is 21.3. The first kappa shape index (κ1) is 103. The predicted molar refractivity (Wildman–Crippen MR) is 579 cm³/mol. The number of Topliss-reactive ketones (excluding diaryl/α,β-unsaturated/α-hetero) is 1. The van der Waals surface area contributed by atoms with E-state index >= 15 is 17.6 Å². The van der Waals surface area contributed by atoms with E-state index in [4.69, 9.17) is 74.9 Å². The number of nitrogens with zero attached hydrogens (tertiary/aromatic N) is 13. The lowest BCUT2D eigenvalue weighted by Gasteiger charge is -2.54. The molecule has 0 bridgehead atoms. The van der Waals surface area contributed by atoms with E-state index in [2.05, 4.69) is 80.5 Å². The summed E-state index contributed by atoms with van der Waals surface area (Å²) in [5.74, 6) is 3.45. The maximum absolute atomic E-state index is 15.3. The lowest BCUT2D eigenvalue weighted by molar-refractivity contribution is -0.234. The zero-order valence-electron chi connectivity index (χ0n) is 83.6. The van der Waals surface area contributed by atoms with Gasteiger partial charge in [0.25, 0.3) is 0 Å². The van der Waals surface area contributed by atoms with Crippen molar-refractivity contribution in [3.8, 4) is 124 Å². The van der Waals surface area contributed by atoms with Crippen molar-refractivity contribution in [1.82, 2.24) is 65.0 Å². The van der Waals surface area contributed by atoms with Crippen LogP contribution in [0, 0.1) is 64.7 Å². The molecule has 10 aliphatic rings. The number of carbonyl (C=O) groups excluding carboxylic acids is 1. The van der Waals surface area contributed by atoms with Gasteiger partial charge in [-0.2, -0.15) is 0 Å². The summed E-state index contributed by atoms with van der Waals surface area (Å²) in [6.45, 7) is 20.6. The molecule has 12 atom stereocenters. The second-order valence-corrected chi connectivity index (χ2v) is 42.7. The second kappa shape index (κ2) is 41.8. The zero-order valence-corrected chi connectivity index (χ0v) is 84.4. The molecular weight excluding hydrogens is 1900 g/mol. The molecule has 11 heterocycles. The van der Waals surface area contributed by atoms with Gasteiger partial charge in [-0.1, -0.05) is 234 Å². The van der Waals surface area contributed by atoms with Crippen LogP contribution in [0.3, 0.4) is 0 Å². The number of ketones is 1. The molecule has 2 spiro atoms. The fourth-order valence-corrected chi connectivity index (χ4v) is 26.9. The third-order valence-electron chi connectivity index (χ3n) is 34.4. The van der Waals surface area contributed by atoms with Gasteiger partial charge in [0.2, 0.25) is 0 Å². The highest BCUT2D eigenvalue weighted by molar-refractivity contribution is 6.29. The number of carbonyl (C=O) groups is 1. The molecule has 0 unspecified atom stereocenters. The SMILES string of the molecule is C.C.C.C[C@@H]1[C@H]2CCc3c(-c4ccccc4F)nc(-c4ccnc(-c5ccccc5)c4)nc3[C@]2(C)CCC12OCCO2.C[C@@H]1[C@H]2CCc3c(-c4ccccc4F)nc(-c4ccnc(Cl)c4)nc3[C@]2(C)CCC12OCCO2.C[C@H]1C(=O)CC[C@@]2(C)c3nc(-c4ccnc(-c5ccccc5)c4)nc(-c4ccccc4F)c3CC[C@H]12.C[C@H]1c2oncc2C[C@@]2(C)c3nc(-c4ccnc(-c5ccccc5)c4)nc(-c4ccccc4F)c3CC[C@H]12. The Kier molecular flexibility index (Phi) is 28.8. The highest BCUT2D eigenvalue weighted by Gasteiger charge is 2.61. The summed E-state index contributed by atoms with van der Waals surface area (Å²) in [5, 5.41) is 4.49. The topological polar surface area (TPSA) is 235 Å². The Morgan fingerprint density at radius 1 is 0.327 bits per heavy atom. The molecule has 0 radical (unpaired) electrons. The maximum Gasteiger partial charge on any atom is 0.171 e. The van der Waals surface area contributed by atoms with Crippen LogP contribution in [0.1, 0.15) is 204 Å². The monoisotopic (exact) mass is 2030 g/mol. The van der Waals surface area contributed by atoms with E-state index in [-0.39, 0.29) is 96.8 Å². The van der Waals surface area contributed by atoms with E-state index in [1.54, 1.807) is 67.3 Å². The van der Waals surface area contributed by atoms with Gasteiger partial charge < -0.3 is 23.5 Å². The van der Waals surface area contributed by atoms with Gasteiger partial charge in [0.05, 0.1) is 95.3 Å². The van der Waals surface area contributed by atoms with Gasteiger partial charge >= 0.3 is 0 Å². The largest absolute Gasteiger partial charge is 0.361 e. The fourth-order valence-electron chi connectivity index (χ4n) is 26.7. The van der Waals surface area contributed by atoms with Crippen molar-refractivity contribution in [2.45, 2.75) is 213 Å². The fraction of sp³-hybridized carbons (Fsp3) is 0.349. The van der Waals surface area contributed by atoms with Crippen LogP contribution in [-0.4, -0.2) is 109 Å². The van der Waals surface area contributed by atoms with Crippen LogP contribution >= 0.6 is 11.6 Å². The highest BCUT2D eigenvalue weighted by atomic mass is 35.5. The Morgan fingerprint density at radius 2 is 0.633 bits per heavy atom. The Hall–Kier alpha value is -13.8. The number of rotatable bonds is 11. The predicted octanol–water partition coefficient (Wildman–Crippen LogP) is 28.9. The number of benzene rings is 7. The second-order valence-electron chi connectivity index (χ2n) is 42.3. The normalized spacial score (nSPS) is 23.9. The van der Waals surface area contributed by atoms with Crippen molar-refractivity contribution >= 4 is 17.4 Å². The van der Waals surface area contributed by atoms with Gasteiger partial charge in [0.1, 0.15) is 40.0 Å². The molecule has 150 heavy (non-hydrogen) atoms. The summed E-state index contributed by atoms with van der Waals surface area (Å²) >= 11 is 6.19. The molecule has 7 aromatic carbocycles. The van der Waals surface area contributed by atoms with Crippen molar-refractivity contribution in [2.24, 2.45) is 41.4 Å². The van der Waals surface area contributed by atoms with Crippen molar-refractivity contribution in [3.63, 3.8) is 0 Å². The first-order valence-corrected chi connectivity index (χ1v) is 52.1. The van der Waals surface area contributed by atoms with Crippen LogP contribution in [0.15, 0.2) is 272 Å². The standard InChI is InChI=1S/C33H32FN3O2.C32H27FN4O.C31H28FN3O.C27H27ClFN3O2.3CH4/c1-21-26-13-12-25-29(24-10-6-7-11-27(24)34)36-31(23-14-17-35-28(20-23)22-8-4-3-5-9-22)37-30(25)32(26,2)15-16-33(21)38-18-19-39-33;1-19-25-13-12-24-28(23-10-6-7-11-26(23)33)36-31(21-14-15-34-27(16-21)20-8-4-3-5-9-20)37-30(24)32(25,2)17-22-18-35-38-29(19)22;1-19-24-13-12-23-28(22-10-6-7-11-25(22)32)34-30(35-29(23)31(24,2)16-14-27(19)36)21-15-17-33-26(18-21)20-8-4-3-5-9-20;1-16-20-8-7-19-23(18-5-3-4-6-21(18)29)31-25(17-9-12-30-22(28)15-17)32-24(19)26(20,2)10-11-27(16)33-13-14-34-27;;;/h3-11,14,17,20-21,26H,12-13,15-16,18-19H2,1-2H3;3-11,14-16,18-19,25H,12-13,17H2,1-2H3;3-11,15,17-19,24H,12-14,16H2,1-2H3;3-6,9,12,15-16,20H,7-8,10-11,13-14H2,1-2H3;3*1H4/t21-,26-,32-;19-,25-,32-;19-,24-,31-;16-,20-,26-;;;/m1111.../s1. The Labute approximate surface area is 880 Å². The van der Waals surface area contributed by atoms with Crippen molar-refractivity contribution in [1.29, 1.82) is 0 Å². The zero-order chi connectivity index (χ0) is 101. The van der Waals surface area contributed by atoms with Crippen molar-refractivity contribution in [2.75, 3.05) is 26.4 Å². The molecule has 3 saturated carbocycles. The molecule has 2 aliphatic heterocycles. The third-order valence-corrected chi connectivity index (χ3v) is 34.6. The molecule has 19 nitrogen and oxygen atoms in total. The van der Waals surface area contributed by atoms with E-state index in [1.165, 1.54) is 24.3 Å². The van der Waals surface area contributed by atoms with E-state index < -0.39 is 11.6 Å². The number of aromatic nitrogens is 13. The molecule has 0 amide bonds. The van der Waals surface area contributed by atoms with Gasteiger partial charge in [-0.25, -0.2) is 62.4 Å². The van der Waals surface area contributed by atoms with Crippen LogP contribution in [0.2, 0.25) is 5.15 Å². The molecule has 16 aromatic rings. The number of fused-ring (bicyclic) bond motifs is 13. The third kappa shape index (κ3) is 18.5. The summed E-state index contributed by atoms with van der Waals surface area (Å²) in [5.41, 5.74) is 22.2. The van der Waals surface area contributed by atoms with Gasteiger partial charge in [0.15, 0.2) is 34.9 Å². The van der Waals surface area contributed by atoms with E-state index in [9.17, 15) is 4.79 Å². The number of hydrogen-bond acceptors (Lipinski definition) is 19. The van der Waals surface area contributed by atoms with Gasteiger partial charge in [-0.3, -0.25) is 19.7 Å². The summed E-state index contributed by atoms with van der Waals surface area (Å²) in [6, 6.07) is 73.1. The Balaban J connectivity index is 0.000000120. The quantitative estimate of drug-likeness (QED) is 0.0864. The lowest BCUT2D eigenvalue weighted by atomic mass is 9.54. The van der Waals surface area contributed by atoms with E-state index in [0.717, 1.165) is 202 Å². The summed E-state index contributed by atoms with van der Waals surface area (Å²) < 4.78 is 91.0. The van der Waals surface area contributed by atoms with Gasteiger partial charge in [0, 0.05) is 178 Å². The first-order chi connectivity index (χ1) is 71.4. The smallest absolute Gasteiger partial charge is 0.171 e. The maximum atomic E-state index is 15.3. The number of pyridine rings is 4. The molecule has 8 aliphatic carbocycles. The minimum absolute atomic E-state index is 0. The molecule has 24 heteroatoms. The van der Waals surface area contributed by atoms with Crippen LogP contribution < -0.4 is 0 Å². The van der Waals surface area contributed by atoms with Crippen LogP contribution in [0.25, 0.3) is 124 Å². The van der Waals surface area contributed by atoms with E-state index in [1.807, 2.05) is 176 Å². The number of ether oxygens (including phenoxy) is 4. The van der Waals surface area contributed by atoms with Gasteiger partial charge in [-0.15, -0.1) is 0 Å². The lowest BCUT2D eigenvalue weighted by Crippen LogP contribution is -2.55. The average Bonchev–Trinajstić information content (AvgIpc) is 0.851. The highest BCUT2D eigenvalue weighted by Crippen LogP contribution is 2.62. The molecular formula is C126H126ClF4N13O6. The molecule has 766 valence electrons. The van der Waals surface area contributed by atoms with Crippen LogP contribution in [0.5, 0.6) is 0 Å². The minimum atomic E-state index is -0.498. The molecule has 2 saturated heterocycles. The Bertz CT molecular complexity index is 7730. The molecule has 0 N–H and O–H groups in total. The summed E-state index contributed by atoms with van der Waals surface area (Å²) in [7, 11) is 0. The minimum Gasteiger partial charge on any atom is -0.361 e. The van der Waals surface area contributed by atoms with Gasteiger partial charge in [-0.05, 0) is 198 Å². The van der Waals surface area contributed by atoms with Crippen LogP contribution in [0.4, 0.5) is 17.6 Å². The first-order valence-electron chi connectivity index (χ1n) is 51.7. The molecule has 5 fully saturated rings. The molecule has 9 aromatic heterocycles. The molecule has 26 rings (SSSR count). The summed E-state index contributed by atoms with van der Waals surface area (Å²) in [4.78, 5) is 71.3. The van der Waals surface area contributed by atoms with E-state index in [0.29, 0.717) is 130 Å².